The predicted molar refractivity (Wildman–Crippen MR) is 99.3 cm³/mol. The molecule has 0 bridgehead atoms. The summed E-state index contributed by atoms with van der Waals surface area (Å²) in [5, 5.41) is 0.923. The molecule has 2 aromatic carbocycles. The van der Waals surface area contributed by atoms with Gasteiger partial charge in [-0.2, -0.15) is 0 Å². The standard InChI is InChI=1S/C18H16ClNO5S/c1-10-8-16-14(17(11(2)25-16)18(21)24-3)9-15(10)20-26(22,23)13-6-4-12(19)5-7-13/h4-9,20H,1-3H3. The SMILES string of the molecule is COC(=O)c1c(C)oc2cc(C)c(NS(=O)(=O)c3ccc(Cl)cc3)cc12. The zero-order chi connectivity index (χ0) is 19.1. The van der Waals surface area contributed by atoms with Crippen LogP contribution in [0.25, 0.3) is 11.0 Å². The van der Waals surface area contributed by atoms with E-state index in [1.54, 1.807) is 26.0 Å². The highest BCUT2D eigenvalue weighted by molar-refractivity contribution is 7.92. The quantitative estimate of drug-likeness (QED) is 0.668. The van der Waals surface area contributed by atoms with Crippen LogP contribution in [0.1, 0.15) is 21.7 Å². The Morgan fingerprint density at radius 1 is 1.15 bits per heavy atom. The molecule has 0 atom stereocenters. The highest BCUT2D eigenvalue weighted by Gasteiger charge is 2.22. The number of hydrogen-bond donors (Lipinski definition) is 1. The molecule has 1 aromatic heterocycles. The second kappa shape index (κ2) is 6.66. The van der Waals surface area contributed by atoms with Crippen LogP contribution in [0.2, 0.25) is 5.02 Å². The molecule has 0 amide bonds. The molecule has 0 radical (unpaired) electrons. The maximum absolute atomic E-state index is 12.6. The first-order chi connectivity index (χ1) is 12.2. The molecular weight excluding hydrogens is 378 g/mol. The lowest BCUT2D eigenvalue weighted by molar-refractivity contribution is 0.0600. The van der Waals surface area contributed by atoms with Gasteiger partial charge in [-0.3, -0.25) is 4.72 Å². The minimum Gasteiger partial charge on any atom is -0.465 e. The van der Waals surface area contributed by atoms with Crippen LogP contribution >= 0.6 is 11.6 Å². The molecule has 0 saturated heterocycles. The van der Waals surface area contributed by atoms with Gasteiger partial charge in [-0.1, -0.05) is 11.6 Å². The topological polar surface area (TPSA) is 85.6 Å². The van der Waals surface area contributed by atoms with E-state index in [-0.39, 0.29) is 10.5 Å². The Labute approximate surface area is 155 Å². The smallest absolute Gasteiger partial charge is 0.342 e. The van der Waals surface area contributed by atoms with Crippen LogP contribution < -0.4 is 4.72 Å². The first kappa shape index (κ1) is 18.3. The molecule has 6 nitrogen and oxygen atoms in total. The average molecular weight is 394 g/mol. The summed E-state index contributed by atoms with van der Waals surface area (Å²) < 4.78 is 38.1. The van der Waals surface area contributed by atoms with Crippen LogP contribution in [-0.2, 0) is 14.8 Å². The van der Waals surface area contributed by atoms with E-state index < -0.39 is 16.0 Å². The molecule has 0 fully saturated rings. The van der Waals surface area contributed by atoms with Crippen LogP contribution in [-0.4, -0.2) is 21.5 Å². The Balaban J connectivity index is 2.09. The molecule has 3 aromatic rings. The van der Waals surface area contributed by atoms with Gasteiger partial charge in [0, 0.05) is 10.4 Å². The summed E-state index contributed by atoms with van der Waals surface area (Å²) in [6.07, 6.45) is 0. The van der Waals surface area contributed by atoms with Crippen molar-refractivity contribution < 1.29 is 22.4 Å². The molecule has 136 valence electrons. The summed E-state index contributed by atoms with van der Waals surface area (Å²) in [7, 11) is -2.53. The Hall–Kier alpha value is -2.51. The number of carbonyl (C=O) groups excluding carboxylic acids is 1. The van der Waals surface area contributed by atoms with Crippen molar-refractivity contribution in [2.75, 3.05) is 11.8 Å². The normalized spacial score (nSPS) is 11.5. The number of anilines is 1. The molecule has 8 heteroatoms. The van der Waals surface area contributed by atoms with Gasteiger partial charge in [-0.25, -0.2) is 13.2 Å². The largest absolute Gasteiger partial charge is 0.465 e. The van der Waals surface area contributed by atoms with E-state index in [9.17, 15) is 13.2 Å². The highest BCUT2D eigenvalue weighted by Crippen LogP contribution is 2.32. The summed E-state index contributed by atoms with van der Waals surface area (Å²) in [5.41, 5.74) is 1.75. The fraction of sp³-hybridized carbons (Fsp3) is 0.167. The van der Waals surface area contributed by atoms with Gasteiger partial charge in [0.05, 0.1) is 17.7 Å². The minimum absolute atomic E-state index is 0.0814. The number of rotatable bonds is 4. The average Bonchev–Trinajstić information content (AvgIpc) is 2.89. The third-order valence-corrected chi connectivity index (χ3v) is 5.60. The van der Waals surface area contributed by atoms with E-state index in [0.717, 1.165) is 0 Å². The third kappa shape index (κ3) is 3.27. The number of ether oxygens (including phenoxy) is 1. The fourth-order valence-electron chi connectivity index (χ4n) is 2.65. The van der Waals surface area contributed by atoms with E-state index in [2.05, 4.69) is 4.72 Å². The second-order valence-electron chi connectivity index (χ2n) is 5.75. The molecule has 0 unspecified atom stereocenters. The Morgan fingerprint density at radius 3 is 2.42 bits per heavy atom. The molecule has 0 aliphatic carbocycles. The van der Waals surface area contributed by atoms with Gasteiger partial charge in [-0.15, -0.1) is 0 Å². The number of methoxy groups -OCH3 is 1. The summed E-state index contributed by atoms with van der Waals surface area (Å²) in [5.74, 6) is -0.138. The number of benzene rings is 2. The molecule has 26 heavy (non-hydrogen) atoms. The van der Waals surface area contributed by atoms with Gasteiger partial charge in [0.1, 0.15) is 16.9 Å². The lowest BCUT2D eigenvalue weighted by atomic mass is 10.1. The van der Waals surface area contributed by atoms with Crippen molar-refractivity contribution in [2.45, 2.75) is 18.7 Å². The maximum Gasteiger partial charge on any atom is 0.342 e. The van der Waals surface area contributed by atoms with Gasteiger partial charge in [0.25, 0.3) is 10.0 Å². The lowest BCUT2D eigenvalue weighted by Gasteiger charge is -2.11. The van der Waals surface area contributed by atoms with Crippen LogP contribution in [0.3, 0.4) is 0 Å². The molecule has 0 aliphatic rings. The number of aryl methyl sites for hydroxylation is 2. The summed E-state index contributed by atoms with van der Waals surface area (Å²) in [6, 6.07) is 9.08. The van der Waals surface area contributed by atoms with Gasteiger partial charge < -0.3 is 9.15 Å². The molecular formula is C18H16ClNO5S. The molecule has 1 heterocycles. The molecule has 0 spiro atoms. The van der Waals surface area contributed by atoms with Crippen molar-refractivity contribution in [3.63, 3.8) is 0 Å². The van der Waals surface area contributed by atoms with E-state index in [1.165, 1.54) is 31.4 Å². The molecule has 0 saturated carbocycles. The number of fused-ring (bicyclic) bond motifs is 1. The van der Waals surface area contributed by atoms with Crippen LogP contribution in [0, 0.1) is 13.8 Å². The van der Waals surface area contributed by atoms with Crippen molar-refractivity contribution in [3.8, 4) is 0 Å². The first-order valence-electron chi connectivity index (χ1n) is 7.63. The van der Waals surface area contributed by atoms with Crippen molar-refractivity contribution in [1.29, 1.82) is 0 Å². The number of nitrogens with one attached hydrogen (secondary N) is 1. The number of hydrogen-bond acceptors (Lipinski definition) is 5. The number of carbonyl (C=O) groups is 1. The fourth-order valence-corrected chi connectivity index (χ4v) is 3.90. The van der Waals surface area contributed by atoms with Crippen molar-refractivity contribution in [2.24, 2.45) is 0 Å². The van der Waals surface area contributed by atoms with E-state index in [4.69, 9.17) is 20.8 Å². The van der Waals surface area contributed by atoms with Crippen molar-refractivity contribution in [1.82, 2.24) is 0 Å². The summed E-state index contributed by atoms with van der Waals surface area (Å²) in [4.78, 5) is 12.1. The van der Waals surface area contributed by atoms with Crippen LogP contribution in [0.15, 0.2) is 45.7 Å². The van der Waals surface area contributed by atoms with E-state index in [0.29, 0.717) is 33.0 Å². The summed E-state index contributed by atoms with van der Waals surface area (Å²) >= 11 is 5.81. The van der Waals surface area contributed by atoms with Gasteiger partial charge in [-0.05, 0) is 55.8 Å². The molecule has 0 aliphatic heterocycles. The summed E-state index contributed by atoms with van der Waals surface area (Å²) in [6.45, 7) is 3.40. The minimum atomic E-state index is -3.81. The number of esters is 1. The number of furan rings is 1. The number of halogens is 1. The van der Waals surface area contributed by atoms with E-state index in [1.807, 2.05) is 0 Å². The molecule has 1 N–H and O–H groups in total. The van der Waals surface area contributed by atoms with E-state index >= 15 is 0 Å². The highest BCUT2D eigenvalue weighted by atomic mass is 35.5. The Kier molecular flexibility index (Phi) is 4.68. The number of sulfonamides is 1. The molecule has 3 rings (SSSR count). The van der Waals surface area contributed by atoms with Gasteiger partial charge >= 0.3 is 5.97 Å². The monoisotopic (exact) mass is 393 g/mol. The predicted octanol–water partition coefficient (Wildman–Crippen LogP) is 4.29. The Morgan fingerprint density at radius 2 is 1.81 bits per heavy atom. The zero-order valence-corrected chi connectivity index (χ0v) is 15.9. The zero-order valence-electron chi connectivity index (χ0n) is 14.3. The second-order valence-corrected chi connectivity index (χ2v) is 7.87. The van der Waals surface area contributed by atoms with Gasteiger partial charge in [0.15, 0.2) is 0 Å². The van der Waals surface area contributed by atoms with Crippen molar-refractivity contribution >= 4 is 44.3 Å². The third-order valence-electron chi connectivity index (χ3n) is 3.97. The van der Waals surface area contributed by atoms with Crippen LogP contribution in [0.4, 0.5) is 5.69 Å². The van der Waals surface area contributed by atoms with Crippen LogP contribution in [0.5, 0.6) is 0 Å². The van der Waals surface area contributed by atoms with Crippen molar-refractivity contribution in [3.05, 3.63) is 58.3 Å². The first-order valence-corrected chi connectivity index (χ1v) is 9.49. The Bertz CT molecular complexity index is 1100. The maximum atomic E-state index is 12.6. The van der Waals surface area contributed by atoms with Gasteiger partial charge in [0.2, 0.25) is 0 Å². The lowest BCUT2D eigenvalue weighted by Crippen LogP contribution is -2.13.